The highest BCUT2D eigenvalue weighted by Gasteiger charge is 2.44. The molecule has 3 aliphatic heterocycles. The van der Waals surface area contributed by atoms with Gasteiger partial charge in [0, 0.05) is 42.0 Å². The molecule has 0 spiro atoms. The molecular weight excluding hydrogens is 394 g/mol. The lowest BCUT2D eigenvalue weighted by Gasteiger charge is -2.44. The highest BCUT2D eigenvalue weighted by Crippen LogP contribution is 2.26. The maximum Gasteiger partial charge on any atom is 0.246 e. The molecule has 1 aromatic heterocycles. The fraction of sp³-hybridized carbons (Fsp3) is 0.522. The van der Waals surface area contributed by atoms with Gasteiger partial charge < -0.3 is 25.8 Å². The van der Waals surface area contributed by atoms with Gasteiger partial charge in [-0.05, 0) is 50.4 Å². The van der Waals surface area contributed by atoms with E-state index >= 15 is 0 Å². The van der Waals surface area contributed by atoms with E-state index in [4.69, 9.17) is 0 Å². The minimum Gasteiger partial charge on any atom is -0.361 e. The van der Waals surface area contributed by atoms with Crippen LogP contribution in [0.5, 0.6) is 0 Å². The van der Waals surface area contributed by atoms with Gasteiger partial charge in [0.1, 0.15) is 12.1 Å². The molecule has 3 fully saturated rings. The third-order valence-electron chi connectivity index (χ3n) is 6.96. The lowest BCUT2D eigenvalue weighted by atomic mass is 9.90. The van der Waals surface area contributed by atoms with Crippen LogP contribution in [0.3, 0.4) is 0 Å². The molecule has 3 saturated heterocycles. The zero-order valence-electron chi connectivity index (χ0n) is 17.5. The minimum atomic E-state index is -0.552. The Labute approximate surface area is 181 Å². The van der Waals surface area contributed by atoms with E-state index in [1.165, 1.54) is 0 Å². The summed E-state index contributed by atoms with van der Waals surface area (Å²) in [6, 6.07) is 6.85. The quantitative estimate of drug-likeness (QED) is 0.580. The first-order valence-electron chi connectivity index (χ1n) is 11.3. The largest absolute Gasteiger partial charge is 0.361 e. The number of amides is 3. The summed E-state index contributed by atoms with van der Waals surface area (Å²) in [4.78, 5) is 43.6. The molecule has 0 radical (unpaired) electrons. The van der Waals surface area contributed by atoms with E-state index in [0.29, 0.717) is 25.8 Å². The van der Waals surface area contributed by atoms with Gasteiger partial charge >= 0.3 is 0 Å². The Morgan fingerprint density at radius 3 is 2.77 bits per heavy atom. The SMILES string of the molecule is O=C(N[C@H]1CCN2C(=O)[C@@H](Cc3c[nH]c4ccccc34)NC(=O)[C@@H]2C1)C1CCNCC1. The highest BCUT2D eigenvalue weighted by molar-refractivity contribution is 5.98. The summed E-state index contributed by atoms with van der Waals surface area (Å²) in [5.41, 5.74) is 2.05. The topological polar surface area (TPSA) is 106 Å². The fourth-order valence-electron chi connectivity index (χ4n) is 5.20. The van der Waals surface area contributed by atoms with E-state index in [2.05, 4.69) is 20.9 Å². The molecule has 4 heterocycles. The summed E-state index contributed by atoms with van der Waals surface area (Å²) in [6.45, 7) is 2.24. The molecule has 0 unspecified atom stereocenters. The first kappa shape index (κ1) is 20.1. The number of aromatic amines is 1. The second-order valence-electron chi connectivity index (χ2n) is 8.93. The maximum atomic E-state index is 13.2. The van der Waals surface area contributed by atoms with Gasteiger partial charge in [0.2, 0.25) is 17.7 Å². The van der Waals surface area contributed by atoms with Crippen LogP contribution in [-0.4, -0.2) is 65.4 Å². The Morgan fingerprint density at radius 1 is 1.13 bits per heavy atom. The van der Waals surface area contributed by atoms with E-state index in [9.17, 15) is 14.4 Å². The molecule has 4 N–H and O–H groups in total. The molecule has 164 valence electrons. The van der Waals surface area contributed by atoms with Crippen molar-refractivity contribution in [1.29, 1.82) is 0 Å². The minimum absolute atomic E-state index is 0.0296. The molecule has 3 aliphatic rings. The van der Waals surface area contributed by atoms with Gasteiger partial charge in [0.25, 0.3) is 0 Å². The van der Waals surface area contributed by atoms with Crippen molar-refractivity contribution in [2.75, 3.05) is 19.6 Å². The van der Waals surface area contributed by atoms with Gasteiger partial charge in [-0.15, -0.1) is 0 Å². The van der Waals surface area contributed by atoms with Gasteiger partial charge in [-0.1, -0.05) is 18.2 Å². The van der Waals surface area contributed by atoms with Crippen molar-refractivity contribution >= 4 is 28.6 Å². The summed E-state index contributed by atoms with van der Waals surface area (Å²) in [5, 5.41) is 10.4. The molecule has 0 bridgehead atoms. The molecule has 0 saturated carbocycles. The lowest BCUT2D eigenvalue weighted by Crippen LogP contribution is -2.67. The fourth-order valence-corrected chi connectivity index (χ4v) is 5.20. The number of piperidine rings is 2. The standard InChI is InChI=1S/C23H29N5O3/c29-21(14-5-8-24-9-6-14)26-16-7-10-28-20(12-16)22(30)27-19(23(28)31)11-15-13-25-18-4-2-1-3-17(15)18/h1-4,13-14,16,19-20,24-25H,5-12H2,(H,26,29)(H,27,30)/t16-,19+,20-/m0/s1. The van der Waals surface area contributed by atoms with Crippen molar-refractivity contribution in [3.8, 4) is 0 Å². The lowest BCUT2D eigenvalue weighted by molar-refractivity contribution is -0.152. The molecule has 1 aromatic carbocycles. The first-order valence-corrected chi connectivity index (χ1v) is 11.3. The number of nitrogens with one attached hydrogen (secondary N) is 4. The van der Waals surface area contributed by atoms with Crippen molar-refractivity contribution < 1.29 is 14.4 Å². The highest BCUT2D eigenvalue weighted by atomic mass is 16.2. The second kappa shape index (κ2) is 8.34. The predicted molar refractivity (Wildman–Crippen MR) is 116 cm³/mol. The normalized spacial score (nSPS) is 27.1. The van der Waals surface area contributed by atoms with Crippen LogP contribution in [0.4, 0.5) is 0 Å². The van der Waals surface area contributed by atoms with E-state index in [0.717, 1.165) is 42.4 Å². The van der Waals surface area contributed by atoms with E-state index in [1.807, 2.05) is 30.5 Å². The molecule has 3 amide bonds. The number of hydrogen-bond donors (Lipinski definition) is 4. The van der Waals surface area contributed by atoms with Gasteiger partial charge in [0.15, 0.2) is 0 Å². The smallest absolute Gasteiger partial charge is 0.246 e. The number of nitrogens with zero attached hydrogens (tertiary/aromatic N) is 1. The number of rotatable bonds is 4. The van der Waals surface area contributed by atoms with Crippen LogP contribution in [0.1, 0.15) is 31.2 Å². The van der Waals surface area contributed by atoms with Crippen molar-refractivity contribution in [1.82, 2.24) is 25.8 Å². The van der Waals surface area contributed by atoms with E-state index < -0.39 is 12.1 Å². The average molecular weight is 424 g/mol. The Morgan fingerprint density at radius 2 is 1.94 bits per heavy atom. The second-order valence-corrected chi connectivity index (χ2v) is 8.93. The summed E-state index contributed by atoms with van der Waals surface area (Å²) < 4.78 is 0. The number of fused-ring (bicyclic) bond motifs is 2. The Kier molecular flexibility index (Phi) is 5.40. The van der Waals surface area contributed by atoms with Crippen molar-refractivity contribution in [2.24, 2.45) is 5.92 Å². The van der Waals surface area contributed by atoms with Crippen LogP contribution >= 0.6 is 0 Å². The maximum absolute atomic E-state index is 13.2. The summed E-state index contributed by atoms with van der Waals surface area (Å²) in [6.07, 6.45) is 5.25. The summed E-state index contributed by atoms with van der Waals surface area (Å²) >= 11 is 0. The zero-order valence-corrected chi connectivity index (χ0v) is 17.5. The van der Waals surface area contributed by atoms with Crippen LogP contribution in [0.15, 0.2) is 30.5 Å². The Balaban J connectivity index is 1.23. The number of benzene rings is 1. The zero-order chi connectivity index (χ0) is 21.4. The number of para-hydroxylation sites is 1. The monoisotopic (exact) mass is 423 g/mol. The van der Waals surface area contributed by atoms with Crippen molar-refractivity contribution in [2.45, 2.75) is 50.2 Å². The third kappa shape index (κ3) is 3.92. The number of aromatic nitrogens is 1. The molecule has 3 atom stereocenters. The molecule has 31 heavy (non-hydrogen) atoms. The van der Waals surface area contributed by atoms with Crippen LogP contribution < -0.4 is 16.0 Å². The Bertz CT molecular complexity index is 996. The summed E-state index contributed by atoms with van der Waals surface area (Å²) in [5.74, 6) is -0.0235. The molecule has 2 aromatic rings. The van der Waals surface area contributed by atoms with Gasteiger partial charge in [-0.2, -0.15) is 0 Å². The number of carbonyl (C=O) groups excluding carboxylic acids is 3. The van der Waals surface area contributed by atoms with Crippen LogP contribution in [-0.2, 0) is 20.8 Å². The number of H-pyrrole nitrogens is 1. The number of piperazine rings is 1. The van der Waals surface area contributed by atoms with E-state index in [1.54, 1.807) is 4.90 Å². The molecule has 8 nitrogen and oxygen atoms in total. The van der Waals surface area contributed by atoms with Crippen LogP contribution in [0, 0.1) is 5.92 Å². The number of hydrogen-bond acceptors (Lipinski definition) is 4. The summed E-state index contributed by atoms with van der Waals surface area (Å²) in [7, 11) is 0. The molecule has 0 aliphatic carbocycles. The molecule has 8 heteroatoms. The Hall–Kier alpha value is -2.87. The van der Waals surface area contributed by atoms with Gasteiger partial charge in [-0.3, -0.25) is 14.4 Å². The van der Waals surface area contributed by atoms with Gasteiger partial charge in [0.05, 0.1) is 0 Å². The van der Waals surface area contributed by atoms with Gasteiger partial charge in [-0.25, -0.2) is 0 Å². The van der Waals surface area contributed by atoms with Crippen molar-refractivity contribution in [3.63, 3.8) is 0 Å². The van der Waals surface area contributed by atoms with Crippen LogP contribution in [0.2, 0.25) is 0 Å². The molecular formula is C23H29N5O3. The third-order valence-corrected chi connectivity index (χ3v) is 6.96. The first-order chi connectivity index (χ1) is 15.1. The predicted octanol–water partition coefficient (Wildman–Crippen LogP) is 0.684. The molecule has 5 rings (SSSR count). The van der Waals surface area contributed by atoms with Crippen LogP contribution in [0.25, 0.3) is 10.9 Å². The average Bonchev–Trinajstić information content (AvgIpc) is 3.21. The van der Waals surface area contributed by atoms with Crippen molar-refractivity contribution in [3.05, 3.63) is 36.0 Å². The van der Waals surface area contributed by atoms with E-state index in [-0.39, 0.29) is 29.7 Å². The number of carbonyl (C=O) groups is 3.